The molecule has 1 aromatic carbocycles. The minimum atomic E-state index is -0.856. The molecule has 0 saturated heterocycles. The molecule has 0 aliphatic carbocycles. The summed E-state index contributed by atoms with van der Waals surface area (Å²) in [4.78, 5) is 13.0. The van der Waals surface area contributed by atoms with Crippen molar-refractivity contribution in [1.82, 2.24) is 10.2 Å². The van der Waals surface area contributed by atoms with Gasteiger partial charge in [0, 0.05) is 18.7 Å². The van der Waals surface area contributed by atoms with Crippen LogP contribution in [0, 0.1) is 0 Å². The number of ether oxygens (including phenoxy) is 1. The number of carboxylic acids is 1. The highest BCUT2D eigenvalue weighted by molar-refractivity contribution is 5.69. The third kappa shape index (κ3) is 6.45. The molecule has 0 aliphatic rings. The Morgan fingerprint density at radius 2 is 2.14 bits per heavy atom. The summed E-state index contributed by atoms with van der Waals surface area (Å²) in [5, 5.41) is 11.5. The molecule has 5 heteroatoms. The lowest BCUT2D eigenvalue weighted by Gasteiger charge is -2.21. The Hall–Kier alpha value is -1.59. The highest BCUT2D eigenvalue weighted by Gasteiger charge is 2.08. The second kappa shape index (κ2) is 10.2. The summed E-state index contributed by atoms with van der Waals surface area (Å²) < 4.78 is 5.43. The monoisotopic (exact) mass is 308 g/mol. The van der Waals surface area contributed by atoms with Gasteiger partial charge in [0.1, 0.15) is 5.75 Å². The maximum absolute atomic E-state index is 10.5. The molecule has 2 N–H and O–H groups in total. The smallest absolute Gasteiger partial charge is 0.317 e. The molecule has 0 bridgehead atoms. The molecule has 0 radical (unpaired) electrons. The molecule has 1 aromatic rings. The molecule has 0 aromatic heterocycles. The second-order valence-electron chi connectivity index (χ2n) is 5.37. The predicted molar refractivity (Wildman–Crippen MR) is 88.2 cm³/mol. The lowest BCUT2D eigenvalue weighted by molar-refractivity contribution is -0.136. The van der Waals surface area contributed by atoms with Gasteiger partial charge in [0.2, 0.25) is 0 Å². The molecular formula is C17H28N2O3. The van der Waals surface area contributed by atoms with Crippen LogP contribution in [0.2, 0.25) is 0 Å². The second-order valence-corrected chi connectivity index (χ2v) is 5.37. The van der Waals surface area contributed by atoms with E-state index in [0.29, 0.717) is 6.54 Å². The summed E-state index contributed by atoms with van der Waals surface area (Å²) in [7, 11) is 1.65. The molecular weight excluding hydrogens is 280 g/mol. The van der Waals surface area contributed by atoms with Gasteiger partial charge < -0.3 is 15.2 Å². The molecule has 1 rings (SSSR count). The van der Waals surface area contributed by atoms with Crippen molar-refractivity contribution in [3.8, 4) is 5.75 Å². The molecule has 0 saturated carbocycles. The Morgan fingerprint density at radius 3 is 2.73 bits per heavy atom. The van der Waals surface area contributed by atoms with Gasteiger partial charge in [-0.25, -0.2) is 0 Å². The zero-order chi connectivity index (χ0) is 16.4. The number of hydrogen-bond donors (Lipinski definition) is 2. The topological polar surface area (TPSA) is 61.8 Å². The van der Waals surface area contributed by atoms with Crippen LogP contribution in [0.25, 0.3) is 0 Å². The van der Waals surface area contributed by atoms with Crippen molar-refractivity contribution < 1.29 is 14.6 Å². The fourth-order valence-electron chi connectivity index (χ4n) is 2.33. The zero-order valence-corrected chi connectivity index (χ0v) is 13.9. The highest BCUT2D eigenvalue weighted by atomic mass is 16.5. The van der Waals surface area contributed by atoms with E-state index < -0.39 is 5.97 Å². The Labute approximate surface area is 133 Å². The van der Waals surface area contributed by atoms with Crippen LogP contribution in [0.3, 0.4) is 0 Å². The number of rotatable bonds is 11. The van der Waals surface area contributed by atoms with Gasteiger partial charge in [0.15, 0.2) is 0 Å². The summed E-state index contributed by atoms with van der Waals surface area (Å²) in [5.41, 5.74) is 2.20. The maximum atomic E-state index is 10.5. The number of benzene rings is 1. The molecule has 124 valence electrons. The number of unbranched alkanes of at least 4 members (excludes halogenated alkanes) is 1. The van der Waals surface area contributed by atoms with Crippen LogP contribution in [0.5, 0.6) is 5.75 Å². The predicted octanol–water partition coefficient (Wildman–Crippen LogP) is 2.49. The first-order valence-electron chi connectivity index (χ1n) is 7.91. The van der Waals surface area contributed by atoms with E-state index in [4.69, 9.17) is 9.84 Å². The van der Waals surface area contributed by atoms with E-state index in [1.807, 2.05) is 12.1 Å². The van der Waals surface area contributed by atoms with Crippen LogP contribution in [-0.4, -0.2) is 42.7 Å². The molecule has 0 amide bonds. The van der Waals surface area contributed by atoms with Gasteiger partial charge in [-0.3, -0.25) is 9.69 Å². The molecule has 0 unspecified atom stereocenters. The van der Waals surface area contributed by atoms with Crippen molar-refractivity contribution in [2.45, 2.75) is 39.8 Å². The summed E-state index contributed by atoms with van der Waals surface area (Å²) in [6.07, 6.45) is 2.41. The number of carboxylic acid groups (broad SMARTS) is 1. The molecule has 22 heavy (non-hydrogen) atoms. The Morgan fingerprint density at radius 1 is 1.36 bits per heavy atom. The number of nitrogens with zero attached hydrogens (tertiary/aromatic N) is 1. The van der Waals surface area contributed by atoms with Crippen molar-refractivity contribution in [1.29, 1.82) is 0 Å². The third-order valence-corrected chi connectivity index (χ3v) is 3.62. The average Bonchev–Trinajstić information content (AvgIpc) is 2.52. The van der Waals surface area contributed by atoms with Crippen LogP contribution in [0.1, 0.15) is 37.8 Å². The molecule has 5 nitrogen and oxygen atoms in total. The van der Waals surface area contributed by atoms with Crippen LogP contribution in [0.4, 0.5) is 0 Å². The van der Waals surface area contributed by atoms with Crippen molar-refractivity contribution >= 4 is 5.97 Å². The van der Waals surface area contributed by atoms with Gasteiger partial charge in [-0.1, -0.05) is 32.4 Å². The zero-order valence-electron chi connectivity index (χ0n) is 13.9. The standard InChI is InChI=1S/C17H28N2O3/c1-4-6-9-19(5-2)13-14-7-8-15(16(10-14)22-3)11-18-12-17(20)21/h7-8,10,18H,4-6,9,11-13H2,1-3H3,(H,20,21). The first-order valence-corrected chi connectivity index (χ1v) is 7.91. The minimum Gasteiger partial charge on any atom is -0.496 e. The Kier molecular flexibility index (Phi) is 8.55. The SMILES string of the molecule is CCCCN(CC)Cc1ccc(CNCC(=O)O)c(OC)c1. The van der Waals surface area contributed by atoms with E-state index in [-0.39, 0.29) is 6.54 Å². The summed E-state index contributed by atoms with van der Waals surface area (Å²) in [6.45, 7) is 7.87. The van der Waals surface area contributed by atoms with Gasteiger partial charge in [-0.05, 0) is 31.1 Å². The van der Waals surface area contributed by atoms with E-state index in [1.54, 1.807) is 7.11 Å². The first-order chi connectivity index (χ1) is 10.6. The van der Waals surface area contributed by atoms with E-state index >= 15 is 0 Å². The first kappa shape index (κ1) is 18.5. The van der Waals surface area contributed by atoms with E-state index in [9.17, 15) is 4.79 Å². The van der Waals surface area contributed by atoms with Crippen molar-refractivity contribution in [2.24, 2.45) is 0 Å². The van der Waals surface area contributed by atoms with Crippen LogP contribution >= 0.6 is 0 Å². The Balaban J connectivity index is 2.68. The van der Waals surface area contributed by atoms with Crippen molar-refractivity contribution in [3.63, 3.8) is 0 Å². The number of methoxy groups -OCH3 is 1. The minimum absolute atomic E-state index is 0.0501. The van der Waals surface area contributed by atoms with Gasteiger partial charge in [0.25, 0.3) is 0 Å². The number of aliphatic carboxylic acids is 1. The largest absolute Gasteiger partial charge is 0.496 e. The van der Waals surface area contributed by atoms with Crippen molar-refractivity contribution in [3.05, 3.63) is 29.3 Å². The number of nitrogens with one attached hydrogen (secondary N) is 1. The molecule has 0 fully saturated rings. The fraction of sp³-hybridized carbons (Fsp3) is 0.588. The van der Waals surface area contributed by atoms with Gasteiger partial charge in [-0.2, -0.15) is 0 Å². The number of carbonyl (C=O) groups is 1. The van der Waals surface area contributed by atoms with E-state index in [0.717, 1.165) is 30.9 Å². The third-order valence-electron chi connectivity index (χ3n) is 3.62. The summed E-state index contributed by atoms with van der Waals surface area (Å²) in [5.74, 6) is -0.0490. The molecule has 0 spiro atoms. The van der Waals surface area contributed by atoms with Gasteiger partial charge in [0.05, 0.1) is 13.7 Å². The van der Waals surface area contributed by atoms with Crippen LogP contribution in [0.15, 0.2) is 18.2 Å². The lowest BCUT2D eigenvalue weighted by Crippen LogP contribution is -2.24. The van der Waals surface area contributed by atoms with Gasteiger partial charge in [-0.15, -0.1) is 0 Å². The van der Waals surface area contributed by atoms with Gasteiger partial charge >= 0.3 is 5.97 Å². The maximum Gasteiger partial charge on any atom is 0.317 e. The summed E-state index contributed by atoms with van der Waals surface area (Å²) >= 11 is 0. The number of hydrogen-bond acceptors (Lipinski definition) is 4. The lowest BCUT2D eigenvalue weighted by atomic mass is 10.1. The highest BCUT2D eigenvalue weighted by Crippen LogP contribution is 2.21. The Bertz CT molecular complexity index is 463. The molecule has 0 aliphatic heterocycles. The van der Waals surface area contributed by atoms with Crippen molar-refractivity contribution in [2.75, 3.05) is 26.7 Å². The van der Waals surface area contributed by atoms with Crippen LogP contribution < -0.4 is 10.1 Å². The molecule has 0 heterocycles. The van der Waals surface area contributed by atoms with Crippen LogP contribution in [-0.2, 0) is 17.9 Å². The normalized spacial score (nSPS) is 10.9. The van der Waals surface area contributed by atoms with E-state index in [2.05, 4.69) is 30.1 Å². The quantitative estimate of drug-likeness (QED) is 0.657. The van der Waals surface area contributed by atoms with E-state index in [1.165, 1.54) is 18.4 Å². The average molecular weight is 308 g/mol. The fourth-order valence-corrected chi connectivity index (χ4v) is 2.33. The summed E-state index contributed by atoms with van der Waals surface area (Å²) in [6, 6.07) is 6.15. The molecule has 0 atom stereocenters.